The van der Waals surface area contributed by atoms with Gasteiger partial charge in [0.05, 0.1) is 12.2 Å². The van der Waals surface area contributed by atoms with Crippen LogP contribution in [0.5, 0.6) is 0 Å². The maximum absolute atomic E-state index is 6.05. The van der Waals surface area contributed by atoms with Crippen LogP contribution in [0.3, 0.4) is 0 Å². The molecule has 0 spiro atoms. The molecular formula is C17H17ClN4. The fourth-order valence-corrected chi connectivity index (χ4v) is 2.65. The number of rotatable bonds is 4. The van der Waals surface area contributed by atoms with Gasteiger partial charge >= 0.3 is 0 Å². The molecule has 2 N–H and O–H groups in total. The molecule has 112 valence electrons. The third-order valence-corrected chi connectivity index (χ3v) is 3.78. The zero-order valence-electron chi connectivity index (χ0n) is 12.3. The van der Waals surface area contributed by atoms with Crippen LogP contribution in [0.25, 0.3) is 11.3 Å². The van der Waals surface area contributed by atoms with E-state index in [1.54, 1.807) is 0 Å². The first-order valence-electron chi connectivity index (χ1n) is 7.11. The molecule has 0 unspecified atom stereocenters. The van der Waals surface area contributed by atoms with Crippen molar-refractivity contribution in [2.45, 2.75) is 20.0 Å². The quantitative estimate of drug-likeness (QED) is 0.803. The Balaban J connectivity index is 2.02. The standard InChI is InChI=1S/C17H17ClN4/c1-12-5-7-14(8-6-12)17-16(10-19)20-21-22(17)11-13-3-2-4-15(18)9-13/h2-9H,10-11,19H2,1H3. The first-order chi connectivity index (χ1) is 10.7. The van der Waals surface area contributed by atoms with E-state index in [1.165, 1.54) is 5.56 Å². The summed E-state index contributed by atoms with van der Waals surface area (Å²) in [6.07, 6.45) is 0. The molecular weight excluding hydrogens is 296 g/mol. The number of benzene rings is 2. The summed E-state index contributed by atoms with van der Waals surface area (Å²) in [5.74, 6) is 0. The van der Waals surface area contributed by atoms with Crippen molar-refractivity contribution in [1.29, 1.82) is 0 Å². The van der Waals surface area contributed by atoms with Crippen LogP contribution in [0, 0.1) is 6.92 Å². The predicted octanol–water partition coefficient (Wildman–Crippen LogP) is 3.41. The molecule has 0 aliphatic carbocycles. The summed E-state index contributed by atoms with van der Waals surface area (Å²) in [5, 5.41) is 9.18. The minimum absolute atomic E-state index is 0.360. The van der Waals surface area contributed by atoms with Gasteiger partial charge in [0.2, 0.25) is 0 Å². The minimum atomic E-state index is 0.360. The fourth-order valence-electron chi connectivity index (χ4n) is 2.43. The van der Waals surface area contributed by atoms with Crippen LogP contribution in [0.4, 0.5) is 0 Å². The van der Waals surface area contributed by atoms with Crippen molar-refractivity contribution in [3.63, 3.8) is 0 Å². The smallest absolute Gasteiger partial charge is 0.104 e. The second kappa shape index (κ2) is 6.30. The number of aromatic nitrogens is 3. The molecule has 0 fully saturated rings. The van der Waals surface area contributed by atoms with E-state index >= 15 is 0 Å². The molecule has 0 atom stereocenters. The van der Waals surface area contributed by atoms with Crippen molar-refractivity contribution in [1.82, 2.24) is 15.0 Å². The van der Waals surface area contributed by atoms with Gasteiger partial charge < -0.3 is 5.73 Å². The number of hydrogen-bond donors (Lipinski definition) is 1. The highest BCUT2D eigenvalue weighted by atomic mass is 35.5. The molecule has 0 radical (unpaired) electrons. The van der Waals surface area contributed by atoms with Gasteiger partial charge in [0.15, 0.2) is 0 Å². The first-order valence-corrected chi connectivity index (χ1v) is 7.49. The summed E-state index contributed by atoms with van der Waals surface area (Å²) in [6.45, 7) is 3.03. The van der Waals surface area contributed by atoms with Gasteiger partial charge in [-0.3, -0.25) is 0 Å². The van der Waals surface area contributed by atoms with E-state index in [9.17, 15) is 0 Å². The van der Waals surface area contributed by atoms with E-state index in [-0.39, 0.29) is 0 Å². The number of aryl methyl sites for hydroxylation is 1. The second-order valence-electron chi connectivity index (χ2n) is 5.24. The largest absolute Gasteiger partial charge is 0.325 e. The Morgan fingerprint density at radius 1 is 1.14 bits per heavy atom. The summed E-state index contributed by atoms with van der Waals surface area (Å²) >= 11 is 6.05. The number of halogens is 1. The lowest BCUT2D eigenvalue weighted by Crippen LogP contribution is -2.05. The molecule has 1 aromatic heterocycles. The third-order valence-electron chi connectivity index (χ3n) is 3.54. The van der Waals surface area contributed by atoms with Gasteiger partial charge in [-0.1, -0.05) is 58.8 Å². The van der Waals surface area contributed by atoms with Gasteiger partial charge in [-0.05, 0) is 24.6 Å². The van der Waals surface area contributed by atoms with Crippen molar-refractivity contribution in [3.8, 4) is 11.3 Å². The van der Waals surface area contributed by atoms with Crippen molar-refractivity contribution in [2.24, 2.45) is 5.73 Å². The van der Waals surface area contributed by atoms with Crippen molar-refractivity contribution >= 4 is 11.6 Å². The highest BCUT2D eigenvalue weighted by Crippen LogP contribution is 2.24. The van der Waals surface area contributed by atoms with Gasteiger partial charge in [-0.15, -0.1) is 5.10 Å². The van der Waals surface area contributed by atoms with Gasteiger partial charge in [0, 0.05) is 17.1 Å². The molecule has 0 amide bonds. The van der Waals surface area contributed by atoms with Gasteiger partial charge in [-0.25, -0.2) is 4.68 Å². The predicted molar refractivity (Wildman–Crippen MR) is 88.6 cm³/mol. The molecule has 0 saturated heterocycles. The lowest BCUT2D eigenvalue weighted by Gasteiger charge is -2.09. The highest BCUT2D eigenvalue weighted by Gasteiger charge is 2.14. The summed E-state index contributed by atoms with van der Waals surface area (Å²) in [7, 11) is 0. The number of hydrogen-bond acceptors (Lipinski definition) is 3. The van der Waals surface area contributed by atoms with Crippen molar-refractivity contribution in [3.05, 3.63) is 70.4 Å². The zero-order chi connectivity index (χ0) is 15.5. The van der Waals surface area contributed by atoms with Crippen molar-refractivity contribution in [2.75, 3.05) is 0 Å². The molecule has 0 aliphatic rings. The zero-order valence-corrected chi connectivity index (χ0v) is 13.1. The minimum Gasteiger partial charge on any atom is -0.325 e. The second-order valence-corrected chi connectivity index (χ2v) is 5.68. The Bertz CT molecular complexity index is 778. The SMILES string of the molecule is Cc1ccc(-c2c(CN)nnn2Cc2cccc(Cl)c2)cc1. The van der Waals surface area contributed by atoms with E-state index in [2.05, 4.69) is 41.5 Å². The van der Waals surface area contributed by atoms with Gasteiger partial charge in [0.25, 0.3) is 0 Å². The fraction of sp³-hybridized carbons (Fsp3) is 0.176. The molecule has 22 heavy (non-hydrogen) atoms. The van der Waals surface area contributed by atoms with E-state index in [0.29, 0.717) is 18.1 Å². The number of nitrogens with two attached hydrogens (primary N) is 1. The molecule has 2 aromatic carbocycles. The third kappa shape index (κ3) is 3.03. The number of nitrogens with zero attached hydrogens (tertiary/aromatic N) is 3. The Morgan fingerprint density at radius 3 is 2.59 bits per heavy atom. The average molecular weight is 313 g/mol. The van der Waals surface area contributed by atoms with Crippen LogP contribution in [-0.4, -0.2) is 15.0 Å². The summed E-state index contributed by atoms with van der Waals surface area (Å²) in [5.41, 5.74) is 10.9. The monoisotopic (exact) mass is 312 g/mol. The van der Waals surface area contributed by atoms with Gasteiger partial charge in [0.1, 0.15) is 5.69 Å². The van der Waals surface area contributed by atoms with E-state index in [0.717, 1.165) is 22.5 Å². The van der Waals surface area contributed by atoms with Crippen LogP contribution in [0.2, 0.25) is 5.02 Å². The lowest BCUT2D eigenvalue weighted by atomic mass is 10.1. The summed E-state index contributed by atoms with van der Waals surface area (Å²) in [4.78, 5) is 0. The Kier molecular flexibility index (Phi) is 4.22. The normalized spacial score (nSPS) is 10.9. The van der Waals surface area contributed by atoms with Crippen LogP contribution in [0.15, 0.2) is 48.5 Å². The maximum Gasteiger partial charge on any atom is 0.104 e. The maximum atomic E-state index is 6.05. The molecule has 0 aliphatic heterocycles. The van der Waals surface area contributed by atoms with Gasteiger partial charge in [-0.2, -0.15) is 0 Å². The molecule has 4 nitrogen and oxygen atoms in total. The molecule has 0 bridgehead atoms. The average Bonchev–Trinajstić information content (AvgIpc) is 2.91. The first kappa shape index (κ1) is 14.8. The van der Waals surface area contributed by atoms with Crippen LogP contribution < -0.4 is 5.73 Å². The molecule has 5 heteroatoms. The van der Waals surface area contributed by atoms with Crippen LogP contribution in [-0.2, 0) is 13.1 Å². The summed E-state index contributed by atoms with van der Waals surface area (Å²) in [6, 6.07) is 16.0. The van der Waals surface area contributed by atoms with E-state index < -0.39 is 0 Å². The topological polar surface area (TPSA) is 56.7 Å². The molecule has 0 saturated carbocycles. The molecule has 1 heterocycles. The Hall–Kier alpha value is -2.17. The Morgan fingerprint density at radius 2 is 1.91 bits per heavy atom. The van der Waals surface area contributed by atoms with E-state index in [4.69, 9.17) is 17.3 Å². The van der Waals surface area contributed by atoms with Crippen molar-refractivity contribution < 1.29 is 0 Å². The lowest BCUT2D eigenvalue weighted by molar-refractivity contribution is 0.655. The summed E-state index contributed by atoms with van der Waals surface area (Å²) < 4.78 is 1.87. The van der Waals surface area contributed by atoms with E-state index in [1.807, 2.05) is 28.9 Å². The molecule has 3 rings (SSSR count). The van der Waals surface area contributed by atoms with Crippen LogP contribution in [0.1, 0.15) is 16.8 Å². The van der Waals surface area contributed by atoms with Crippen LogP contribution >= 0.6 is 11.6 Å². The molecule has 3 aromatic rings. The Labute approximate surface area is 134 Å². The highest BCUT2D eigenvalue weighted by molar-refractivity contribution is 6.30.